The number of nitrogens with zero attached hydrogens (tertiary/aromatic N) is 1. The maximum absolute atomic E-state index is 5.75. The van der Waals surface area contributed by atoms with Gasteiger partial charge < -0.3 is 10.6 Å². The average Bonchev–Trinajstić information content (AvgIpc) is 2.17. The highest BCUT2D eigenvalue weighted by molar-refractivity contribution is 4.78. The lowest BCUT2D eigenvalue weighted by Crippen LogP contribution is -2.43. The van der Waals surface area contributed by atoms with E-state index in [-0.39, 0.29) is 0 Å². The van der Waals surface area contributed by atoms with Crippen molar-refractivity contribution < 1.29 is 0 Å². The van der Waals surface area contributed by atoms with Crippen LogP contribution in [-0.4, -0.2) is 30.6 Å². The molecule has 1 aliphatic rings. The van der Waals surface area contributed by atoms with Crippen LogP contribution in [0.1, 0.15) is 40.0 Å². The molecule has 0 aromatic heterocycles. The molecule has 2 heteroatoms. The molecule has 0 aliphatic carbocycles. The van der Waals surface area contributed by atoms with Crippen LogP contribution < -0.4 is 5.73 Å². The van der Waals surface area contributed by atoms with Gasteiger partial charge in [0.1, 0.15) is 0 Å². The highest BCUT2D eigenvalue weighted by Crippen LogP contribution is 2.23. The molecule has 1 saturated heterocycles. The molecule has 1 aliphatic heterocycles. The second kappa shape index (κ2) is 5.72. The van der Waals surface area contributed by atoms with Crippen molar-refractivity contribution in [2.75, 3.05) is 19.6 Å². The van der Waals surface area contributed by atoms with Crippen LogP contribution in [0.15, 0.2) is 0 Å². The Hall–Kier alpha value is -0.0800. The molecule has 1 fully saturated rings. The zero-order chi connectivity index (χ0) is 10.6. The first-order valence-electron chi connectivity index (χ1n) is 6.11. The van der Waals surface area contributed by atoms with Gasteiger partial charge >= 0.3 is 0 Å². The lowest BCUT2D eigenvalue weighted by molar-refractivity contribution is 0.110. The third-order valence-electron chi connectivity index (χ3n) is 3.68. The molecule has 2 N–H and O–H groups in total. The predicted octanol–water partition coefficient (Wildman–Crippen LogP) is 2.09. The Bertz CT molecular complexity index is 154. The summed E-state index contributed by atoms with van der Waals surface area (Å²) in [6.07, 6.45) is 3.95. The standard InChI is InChI=1S/C12H26N2/c1-4-12(8-13)9-14-6-5-10(2)7-11(14)3/h10-12H,4-9,13H2,1-3H3. The van der Waals surface area contributed by atoms with Crippen LogP contribution >= 0.6 is 0 Å². The first kappa shape index (κ1) is 12.0. The van der Waals surface area contributed by atoms with Gasteiger partial charge in [-0.3, -0.25) is 0 Å². The summed E-state index contributed by atoms with van der Waals surface area (Å²) in [7, 11) is 0. The van der Waals surface area contributed by atoms with Crippen molar-refractivity contribution in [3.05, 3.63) is 0 Å². The molecule has 0 spiro atoms. The third-order valence-corrected chi connectivity index (χ3v) is 3.68. The van der Waals surface area contributed by atoms with E-state index in [9.17, 15) is 0 Å². The quantitative estimate of drug-likeness (QED) is 0.749. The van der Waals surface area contributed by atoms with E-state index < -0.39 is 0 Å². The normalized spacial score (nSPS) is 31.7. The van der Waals surface area contributed by atoms with E-state index in [1.165, 1.54) is 32.4 Å². The van der Waals surface area contributed by atoms with Crippen molar-refractivity contribution in [1.29, 1.82) is 0 Å². The van der Waals surface area contributed by atoms with Gasteiger partial charge in [0.25, 0.3) is 0 Å². The van der Waals surface area contributed by atoms with Gasteiger partial charge in [0.2, 0.25) is 0 Å². The molecule has 14 heavy (non-hydrogen) atoms. The average molecular weight is 198 g/mol. The van der Waals surface area contributed by atoms with E-state index >= 15 is 0 Å². The molecular formula is C12H26N2. The Morgan fingerprint density at radius 1 is 1.43 bits per heavy atom. The molecule has 84 valence electrons. The van der Waals surface area contributed by atoms with E-state index in [2.05, 4.69) is 25.7 Å². The predicted molar refractivity (Wildman–Crippen MR) is 62.3 cm³/mol. The second-order valence-electron chi connectivity index (χ2n) is 4.98. The highest BCUT2D eigenvalue weighted by Gasteiger charge is 2.23. The van der Waals surface area contributed by atoms with E-state index in [1.807, 2.05) is 0 Å². The van der Waals surface area contributed by atoms with Crippen molar-refractivity contribution >= 4 is 0 Å². The maximum Gasteiger partial charge on any atom is 0.00695 e. The molecule has 1 rings (SSSR count). The summed E-state index contributed by atoms with van der Waals surface area (Å²) in [5, 5.41) is 0. The zero-order valence-corrected chi connectivity index (χ0v) is 10.00. The van der Waals surface area contributed by atoms with Crippen LogP contribution in [0.2, 0.25) is 0 Å². The van der Waals surface area contributed by atoms with Crippen molar-refractivity contribution in [1.82, 2.24) is 4.90 Å². The molecule has 3 atom stereocenters. The minimum atomic E-state index is 0.700. The Kier molecular flexibility index (Phi) is 4.90. The van der Waals surface area contributed by atoms with Crippen molar-refractivity contribution in [2.24, 2.45) is 17.6 Å². The summed E-state index contributed by atoms with van der Waals surface area (Å²) >= 11 is 0. The fourth-order valence-corrected chi connectivity index (χ4v) is 2.43. The van der Waals surface area contributed by atoms with Gasteiger partial charge in [-0.25, -0.2) is 0 Å². The van der Waals surface area contributed by atoms with Crippen LogP contribution in [0, 0.1) is 11.8 Å². The SMILES string of the molecule is CCC(CN)CN1CCC(C)CC1C. The Labute approximate surface area is 88.8 Å². The van der Waals surface area contributed by atoms with E-state index in [0.29, 0.717) is 5.92 Å². The first-order chi connectivity index (χ1) is 6.67. The fourth-order valence-electron chi connectivity index (χ4n) is 2.43. The Morgan fingerprint density at radius 3 is 2.64 bits per heavy atom. The van der Waals surface area contributed by atoms with Crippen molar-refractivity contribution in [3.63, 3.8) is 0 Å². The smallest absolute Gasteiger partial charge is 0.00695 e. The fraction of sp³-hybridized carbons (Fsp3) is 1.00. The van der Waals surface area contributed by atoms with Gasteiger partial charge in [0, 0.05) is 12.6 Å². The van der Waals surface area contributed by atoms with E-state index in [1.54, 1.807) is 0 Å². The van der Waals surface area contributed by atoms with Crippen molar-refractivity contribution in [3.8, 4) is 0 Å². The number of likely N-dealkylation sites (tertiary alicyclic amines) is 1. The van der Waals surface area contributed by atoms with E-state index in [4.69, 9.17) is 5.73 Å². The summed E-state index contributed by atoms with van der Waals surface area (Å²) in [6.45, 7) is 10.3. The van der Waals surface area contributed by atoms with Gasteiger partial charge in [0.15, 0.2) is 0 Å². The van der Waals surface area contributed by atoms with Gasteiger partial charge in [0.05, 0.1) is 0 Å². The van der Waals surface area contributed by atoms with Crippen LogP contribution in [0.3, 0.4) is 0 Å². The molecule has 2 nitrogen and oxygen atoms in total. The minimum absolute atomic E-state index is 0.700. The van der Waals surface area contributed by atoms with Crippen molar-refractivity contribution in [2.45, 2.75) is 46.1 Å². The highest BCUT2D eigenvalue weighted by atomic mass is 15.2. The molecule has 0 saturated carbocycles. The largest absolute Gasteiger partial charge is 0.330 e. The lowest BCUT2D eigenvalue weighted by atomic mass is 9.92. The molecule has 0 radical (unpaired) electrons. The monoisotopic (exact) mass is 198 g/mol. The summed E-state index contributed by atoms with van der Waals surface area (Å²) in [5.41, 5.74) is 5.75. The summed E-state index contributed by atoms with van der Waals surface area (Å²) < 4.78 is 0. The molecule has 0 aromatic rings. The first-order valence-corrected chi connectivity index (χ1v) is 6.11. The van der Waals surface area contributed by atoms with Crippen LogP contribution in [0.4, 0.5) is 0 Å². The molecule has 3 unspecified atom stereocenters. The summed E-state index contributed by atoms with van der Waals surface area (Å²) in [4.78, 5) is 2.63. The number of hydrogen-bond donors (Lipinski definition) is 1. The minimum Gasteiger partial charge on any atom is -0.330 e. The number of rotatable bonds is 4. The van der Waals surface area contributed by atoms with Gasteiger partial charge in [-0.15, -0.1) is 0 Å². The molecule has 0 bridgehead atoms. The number of piperidine rings is 1. The maximum atomic E-state index is 5.75. The molecule has 0 aromatic carbocycles. The topological polar surface area (TPSA) is 29.3 Å². The zero-order valence-electron chi connectivity index (χ0n) is 10.00. The number of nitrogens with two attached hydrogens (primary N) is 1. The third kappa shape index (κ3) is 3.25. The Balaban J connectivity index is 2.36. The molecule has 0 amide bonds. The molecular weight excluding hydrogens is 172 g/mol. The number of hydrogen-bond acceptors (Lipinski definition) is 2. The van der Waals surface area contributed by atoms with Gasteiger partial charge in [-0.2, -0.15) is 0 Å². The van der Waals surface area contributed by atoms with Crippen LogP contribution in [-0.2, 0) is 0 Å². The summed E-state index contributed by atoms with van der Waals surface area (Å²) in [6, 6.07) is 0.763. The lowest BCUT2D eigenvalue weighted by Gasteiger charge is -2.38. The van der Waals surface area contributed by atoms with E-state index in [0.717, 1.165) is 18.5 Å². The molecule has 1 heterocycles. The Morgan fingerprint density at radius 2 is 2.14 bits per heavy atom. The van der Waals surface area contributed by atoms with Gasteiger partial charge in [-0.1, -0.05) is 20.3 Å². The van der Waals surface area contributed by atoms with Crippen LogP contribution in [0.5, 0.6) is 0 Å². The van der Waals surface area contributed by atoms with Gasteiger partial charge in [-0.05, 0) is 44.7 Å². The van der Waals surface area contributed by atoms with Crippen LogP contribution in [0.25, 0.3) is 0 Å². The second-order valence-corrected chi connectivity index (χ2v) is 4.98. The summed E-state index contributed by atoms with van der Waals surface area (Å²) in [5.74, 6) is 1.62.